The second-order valence-corrected chi connectivity index (χ2v) is 7.45. The van der Waals surface area contributed by atoms with Crippen molar-refractivity contribution in [3.63, 3.8) is 0 Å². The van der Waals surface area contributed by atoms with E-state index in [4.69, 9.17) is 0 Å². The first kappa shape index (κ1) is 13.8. The van der Waals surface area contributed by atoms with Crippen LogP contribution in [0, 0.1) is 5.41 Å². The van der Waals surface area contributed by atoms with Gasteiger partial charge >= 0.3 is 0 Å². The third kappa shape index (κ3) is 1.56. The molecular weight excluding hydrogens is 288 g/mol. The Morgan fingerprint density at radius 3 is 3.00 bits per heavy atom. The molecule has 1 N–H and O–H groups in total. The summed E-state index contributed by atoms with van der Waals surface area (Å²) in [5, 5.41) is 11.9. The van der Waals surface area contributed by atoms with Crippen molar-refractivity contribution < 1.29 is 9.90 Å². The number of fused-ring (bicyclic) bond motifs is 3. The van der Waals surface area contributed by atoms with Crippen LogP contribution in [0.3, 0.4) is 0 Å². The van der Waals surface area contributed by atoms with E-state index in [1.54, 1.807) is 0 Å². The Labute approximate surface area is 135 Å². The van der Waals surface area contributed by atoms with Gasteiger partial charge in [-0.2, -0.15) is 0 Å². The Hall–Kier alpha value is -1.65. The second-order valence-electron chi connectivity index (χ2n) is 7.45. The molecule has 23 heavy (non-hydrogen) atoms. The second kappa shape index (κ2) is 4.46. The molecule has 120 valence electrons. The highest BCUT2D eigenvalue weighted by atomic mass is 16.3. The van der Waals surface area contributed by atoms with Gasteiger partial charge in [-0.25, -0.2) is 0 Å². The zero-order valence-electron chi connectivity index (χ0n) is 13.5. The van der Waals surface area contributed by atoms with E-state index in [9.17, 15) is 9.90 Å². The molecule has 1 fully saturated rings. The fourth-order valence-electron chi connectivity index (χ4n) is 5.49. The minimum atomic E-state index is -0.494. The lowest BCUT2D eigenvalue weighted by atomic mass is 9.64. The zero-order chi connectivity index (χ0) is 15.8. The predicted molar refractivity (Wildman–Crippen MR) is 88.4 cm³/mol. The van der Waals surface area contributed by atoms with Crippen molar-refractivity contribution in [3.8, 4) is 0 Å². The number of rotatable bonds is 1. The van der Waals surface area contributed by atoms with Crippen molar-refractivity contribution in [1.82, 2.24) is 9.47 Å². The molecule has 0 saturated carbocycles. The van der Waals surface area contributed by atoms with Gasteiger partial charge in [-0.05, 0) is 31.9 Å². The monoisotopic (exact) mass is 310 g/mol. The van der Waals surface area contributed by atoms with Gasteiger partial charge in [0.15, 0.2) is 0 Å². The molecule has 4 heteroatoms. The van der Waals surface area contributed by atoms with Crippen LogP contribution in [0.4, 0.5) is 0 Å². The minimum absolute atomic E-state index is 0.0502. The topological polar surface area (TPSA) is 45.5 Å². The first-order valence-corrected chi connectivity index (χ1v) is 8.75. The van der Waals surface area contributed by atoms with Crippen LogP contribution in [0.2, 0.25) is 0 Å². The SMILES string of the molecule is CC[C@]12CCCN3C[C@@H](O)c4c(n(c5ccccc45)C(=O)C1)[C@@H]32. The molecule has 0 aliphatic carbocycles. The Balaban J connectivity index is 1.90. The number of benzene rings is 1. The number of carbonyl (C=O) groups is 1. The number of piperidine rings is 1. The van der Waals surface area contributed by atoms with E-state index in [2.05, 4.69) is 17.9 Å². The van der Waals surface area contributed by atoms with Crippen LogP contribution >= 0.6 is 0 Å². The van der Waals surface area contributed by atoms with Crippen molar-refractivity contribution >= 4 is 16.8 Å². The first-order chi connectivity index (χ1) is 11.2. The maximum atomic E-state index is 13.0. The molecule has 2 aromatic rings. The van der Waals surface area contributed by atoms with E-state index >= 15 is 0 Å². The van der Waals surface area contributed by atoms with Gasteiger partial charge in [0.25, 0.3) is 0 Å². The number of nitrogens with zero attached hydrogens (tertiary/aromatic N) is 2. The number of aliphatic hydroxyl groups is 1. The Morgan fingerprint density at radius 1 is 1.35 bits per heavy atom. The fourth-order valence-corrected chi connectivity index (χ4v) is 5.49. The summed E-state index contributed by atoms with van der Waals surface area (Å²) >= 11 is 0. The van der Waals surface area contributed by atoms with E-state index < -0.39 is 6.10 Å². The molecule has 0 amide bonds. The average molecular weight is 310 g/mol. The molecule has 0 unspecified atom stereocenters. The van der Waals surface area contributed by atoms with Crippen LogP contribution in [0.15, 0.2) is 24.3 Å². The van der Waals surface area contributed by atoms with Gasteiger partial charge in [-0.1, -0.05) is 25.1 Å². The number of carbonyl (C=O) groups excluding carboxylic acids is 1. The molecular formula is C19H22N2O2. The summed E-state index contributed by atoms with van der Waals surface area (Å²) in [6, 6.07) is 8.34. The third-order valence-electron chi connectivity index (χ3n) is 6.47. The highest BCUT2D eigenvalue weighted by Gasteiger charge is 2.54. The largest absolute Gasteiger partial charge is 0.387 e. The molecule has 0 spiro atoms. The van der Waals surface area contributed by atoms with Crippen LogP contribution < -0.4 is 0 Å². The van der Waals surface area contributed by atoms with Gasteiger partial charge < -0.3 is 5.11 Å². The van der Waals surface area contributed by atoms with Gasteiger partial charge in [0, 0.05) is 29.3 Å². The van der Waals surface area contributed by atoms with Crippen LogP contribution in [0.1, 0.15) is 60.8 Å². The van der Waals surface area contributed by atoms with Crippen LogP contribution in [-0.2, 0) is 0 Å². The van der Waals surface area contributed by atoms with Crippen LogP contribution in [0.5, 0.6) is 0 Å². The molecule has 4 heterocycles. The van der Waals surface area contributed by atoms with E-state index in [0.717, 1.165) is 48.0 Å². The van der Waals surface area contributed by atoms with Gasteiger partial charge in [-0.3, -0.25) is 14.3 Å². The highest BCUT2D eigenvalue weighted by Crippen LogP contribution is 2.58. The maximum Gasteiger partial charge on any atom is 0.231 e. The Kier molecular flexibility index (Phi) is 2.67. The normalized spacial score (nSPS) is 33.0. The summed E-state index contributed by atoms with van der Waals surface area (Å²) in [4.78, 5) is 15.5. The number of para-hydroxylation sites is 1. The average Bonchev–Trinajstić information content (AvgIpc) is 2.90. The van der Waals surface area contributed by atoms with Gasteiger partial charge in [-0.15, -0.1) is 0 Å². The van der Waals surface area contributed by atoms with Crippen molar-refractivity contribution in [2.75, 3.05) is 13.1 Å². The highest BCUT2D eigenvalue weighted by molar-refractivity contribution is 5.98. The van der Waals surface area contributed by atoms with E-state index in [0.29, 0.717) is 13.0 Å². The molecule has 5 rings (SSSR count). The summed E-state index contributed by atoms with van der Waals surface area (Å²) in [5.41, 5.74) is 3.12. The van der Waals surface area contributed by atoms with Crippen LogP contribution in [0.25, 0.3) is 10.9 Å². The Bertz CT molecular complexity index is 824. The molecule has 0 radical (unpaired) electrons. The van der Waals surface area contributed by atoms with Gasteiger partial charge in [0.2, 0.25) is 5.91 Å². The van der Waals surface area contributed by atoms with E-state index in [-0.39, 0.29) is 17.4 Å². The molecule has 3 aliphatic heterocycles. The molecule has 4 nitrogen and oxygen atoms in total. The zero-order valence-corrected chi connectivity index (χ0v) is 13.5. The van der Waals surface area contributed by atoms with E-state index in [1.807, 2.05) is 22.8 Å². The Morgan fingerprint density at radius 2 is 2.17 bits per heavy atom. The van der Waals surface area contributed by atoms with Crippen molar-refractivity contribution in [2.45, 2.75) is 44.8 Å². The summed E-state index contributed by atoms with van der Waals surface area (Å²) in [6.07, 6.45) is 3.40. The minimum Gasteiger partial charge on any atom is -0.387 e. The fraction of sp³-hybridized carbons (Fsp3) is 0.526. The van der Waals surface area contributed by atoms with Gasteiger partial charge in [0.1, 0.15) is 0 Å². The molecule has 1 aromatic carbocycles. The third-order valence-corrected chi connectivity index (χ3v) is 6.47. The van der Waals surface area contributed by atoms with Crippen molar-refractivity contribution in [3.05, 3.63) is 35.5 Å². The number of hydrogen-bond donors (Lipinski definition) is 1. The van der Waals surface area contributed by atoms with Gasteiger partial charge in [0.05, 0.1) is 23.4 Å². The van der Waals surface area contributed by atoms with Crippen LogP contribution in [-0.4, -0.2) is 33.6 Å². The summed E-state index contributed by atoms with van der Waals surface area (Å²) in [6.45, 7) is 3.94. The quantitative estimate of drug-likeness (QED) is 0.879. The van der Waals surface area contributed by atoms with Crippen molar-refractivity contribution in [2.24, 2.45) is 5.41 Å². The molecule has 1 saturated heterocycles. The summed E-state index contributed by atoms with van der Waals surface area (Å²) in [5.74, 6) is 0.205. The number of aliphatic hydroxyl groups excluding tert-OH is 1. The maximum absolute atomic E-state index is 13.0. The lowest BCUT2D eigenvalue weighted by Gasteiger charge is -2.55. The summed E-state index contributed by atoms with van der Waals surface area (Å²) in [7, 11) is 0. The summed E-state index contributed by atoms with van der Waals surface area (Å²) < 4.78 is 1.92. The lowest BCUT2D eigenvalue weighted by molar-refractivity contribution is -0.0452. The number of aromatic nitrogens is 1. The molecule has 3 atom stereocenters. The molecule has 3 aliphatic rings. The van der Waals surface area contributed by atoms with E-state index in [1.165, 1.54) is 0 Å². The predicted octanol–water partition coefficient (Wildman–Crippen LogP) is 3.27. The van der Waals surface area contributed by atoms with Crippen molar-refractivity contribution in [1.29, 1.82) is 0 Å². The lowest BCUT2D eigenvalue weighted by Crippen LogP contribution is -2.54. The molecule has 1 aromatic heterocycles. The number of hydrogen-bond acceptors (Lipinski definition) is 3. The smallest absolute Gasteiger partial charge is 0.231 e. The standard InChI is InChI=1S/C19H22N2O2/c1-2-19-8-5-9-20-11-14(22)16-12-6-3-4-7-13(12)21(15(23)10-19)17(16)18(19)20/h3-4,6-7,14,18,22H,2,5,8-11H2,1H3/t14-,18-,19+/m1/s1. The molecule has 0 bridgehead atoms. The first-order valence-electron chi connectivity index (χ1n) is 8.75.